The number of carbonyl (C=O) groups is 2. The molecule has 0 saturated heterocycles. The second-order valence-corrected chi connectivity index (χ2v) is 6.06. The molecule has 10 nitrogen and oxygen atoms in total. The fraction of sp³-hybridized carbons (Fsp3) is 0.0526. The van der Waals surface area contributed by atoms with E-state index in [0.29, 0.717) is 16.7 Å². The van der Waals surface area contributed by atoms with Crippen molar-refractivity contribution in [2.45, 2.75) is 6.54 Å². The lowest BCUT2D eigenvalue weighted by Gasteiger charge is -2.09. The molecule has 10 heteroatoms. The zero-order chi connectivity index (χ0) is 20.2. The molecule has 0 aliphatic heterocycles. The molecule has 0 saturated carbocycles. The van der Waals surface area contributed by atoms with Crippen LogP contribution in [0.3, 0.4) is 0 Å². The predicted molar refractivity (Wildman–Crippen MR) is 103 cm³/mol. The van der Waals surface area contributed by atoms with Crippen LogP contribution in [0.25, 0.3) is 11.0 Å². The number of anilines is 1. The Morgan fingerprint density at radius 1 is 1.03 bits per heavy atom. The van der Waals surface area contributed by atoms with Crippen LogP contribution in [-0.2, 0) is 6.54 Å². The van der Waals surface area contributed by atoms with Gasteiger partial charge < -0.3 is 15.7 Å². The average Bonchev–Trinajstić information content (AvgIpc) is 3.21. The number of nitrogens with zero attached hydrogens (tertiary/aromatic N) is 4. The van der Waals surface area contributed by atoms with Crippen LogP contribution in [0.1, 0.15) is 26.5 Å². The second kappa shape index (κ2) is 7.72. The number of hydrogen-bond donors (Lipinski definition) is 4. The predicted octanol–water partition coefficient (Wildman–Crippen LogP) is 1.64. The number of aromatic nitrogens is 5. The lowest BCUT2D eigenvalue weighted by molar-refractivity contribution is 0.0946. The zero-order valence-electron chi connectivity index (χ0n) is 15.0. The molecule has 3 aromatic heterocycles. The minimum absolute atomic E-state index is 0.0703. The van der Waals surface area contributed by atoms with Gasteiger partial charge in [0.15, 0.2) is 11.3 Å². The molecule has 29 heavy (non-hydrogen) atoms. The first kappa shape index (κ1) is 18.0. The number of amides is 2. The number of benzene rings is 1. The summed E-state index contributed by atoms with van der Waals surface area (Å²) in [5.74, 6) is -1.11. The summed E-state index contributed by atoms with van der Waals surface area (Å²) in [6.45, 7) is 0.223. The molecule has 4 N–H and O–H groups in total. The topological polar surface area (TPSA) is 146 Å². The molecule has 1 aromatic carbocycles. The van der Waals surface area contributed by atoms with Gasteiger partial charge in [0.25, 0.3) is 11.8 Å². The quantitative estimate of drug-likeness (QED) is 0.406. The number of aromatic amines is 1. The van der Waals surface area contributed by atoms with Crippen molar-refractivity contribution in [2.75, 3.05) is 5.32 Å². The van der Waals surface area contributed by atoms with Crippen LogP contribution in [0.2, 0.25) is 0 Å². The van der Waals surface area contributed by atoms with Gasteiger partial charge in [-0.2, -0.15) is 5.10 Å². The van der Waals surface area contributed by atoms with Gasteiger partial charge in [0, 0.05) is 18.4 Å². The second-order valence-electron chi connectivity index (χ2n) is 6.06. The zero-order valence-corrected chi connectivity index (χ0v) is 15.0. The number of rotatable bonds is 5. The van der Waals surface area contributed by atoms with Crippen molar-refractivity contribution >= 4 is 28.5 Å². The van der Waals surface area contributed by atoms with Gasteiger partial charge in [-0.15, -0.1) is 0 Å². The number of pyridine rings is 1. The van der Waals surface area contributed by atoms with Crippen LogP contribution in [0.4, 0.5) is 5.69 Å². The molecule has 0 atom stereocenters. The largest absolute Gasteiger partial charge is 0.505 e. The molecule has 4 aromatic rings. The molecular formula is C19H15N7O3. The number of H-pyrrole nitrogens is 1. The summed E-state index contributed by atoms with van der Waals surface area (Å²) in [5, 5.41) is 22.3. The first-order valence-corrected chi connectivity index (χ1v) is 8.58. The van der Waals surface area contributed by atoms with E-state index in [1.54, 1.807) is 18.2 Å². The molecule has 0 aliphatic carbocycles. The Balaban J connectivity index is 1.44. The fourth-order valence-electron chi connectivity index (χ4n) is 2.73. The van der Waals surface area contributed by atoms with Crippen molar-refractivity contribution in [2.24, 2.45) is 0 Å². The van der Waals surface area contributed by atoms with E-state index >= 15 is 0 Å². The SMILES string of the molecule is O=C(Nc1cccc(CNC(=O)c2ncnc3[nH]ncc23)c1)c1ncccc1O. The maximum Gasteiger partial charge on any atom is 0.278 e. The lowest BCUT2D eigenvalue weighted by Crippen LogP contribution is -2.24. The highest BCUT2D eigenvalue weighted by Gasteiger charge is 2.14. The van der Waals surface area contributed by atoms with E-state index in [-0.39, 0.29) is 29.6 Å². The molecule has 0 aliphatic rings. The van der Waals surface area contributed by atoms with Crippen molar-refractivity contribution < 1.29 is 14.7 Å². The highest BCUT2D eigenvalue weighted by molar-refractivity contribution is 6.05. The Morgan fingerprint density at radius 3 is 2.79 bits per heavy atom. The van der Waals surface area contributed by atoms with Crippen LogP contribution in [0.15, 0.2) is 55.1 Å². The van der Waals surface area contributed by atoms with Gasteiger partial charge in [-0.3, -0.25) is 14.7 Å². The van der Waals surface area contributed by atoms with Crippen molar-refractivity contribution in [1.29, 1.82) is 0 Å². The third-order valence-corrected chi connectivity index (χ3v) is 4.10. The first-order valence-electron chi connectivity index (χ1n) is 8.58. The van der Waals surface area contributed by atoms with E-state index in [4.69, 9.17) is 0 Å². The number of fused-ring (bicyclic) bond motifs is 1. The normalized spacial score (nSPS) is 10.6. The number of aromatic hydroxyl groups is 1. The number of hydrogen-bond acceptors (Lipinski definition) is 7. The van der Waals surface area contributed by atoms with E-state index in [1.165, 1.54) is 30.9 Å². The van der Waals surface area contributed by atoms with Crippen LogP contribution >= 0.6 is 0 Å². The molecule has 144 valence electrons. The van der Waals surface area contributed by atoms with Crippen LogP contribution in [0.5, 0.6) is 5.75 Å². The summed E-state index contributed by atoms with van der Waals surface area (Å²) >= 11 is 0. The Bertz CT molecular complexity index is 1210. The van der Waals surface area contributed by atoms with E-state index in [2.05, 4.69) is 35.8 Å². The molecule has 0 bridgehead atoms. The minimum atomic E-state index is -0.535. The van der Waals surface area contributed by atoms with Gasteiger partial charge >= 0.3 is 0 Å². The summed E-state index contributed by atoms with van der Waals surface area (Å²) in [6.07, 6.45) is 4.21. The third-order valence-electron chi connectivity index (χ3n) is 4.10. The van der Waals surface area contributed by atoms with Crippen molar-refractivity contribution in [1.82, 2.24) is 30.5 Å². The van der Waals surface area contributed by atoms with E-state index < -0.39 is 5.91 Å². The van der Waals surface area contributed by atoms with Gasteiger partial charge in [-0.25, -0.2) is 15.0 Å². The Kier molecular flexibility index (Phi) is 4.81. The van der Waals surface area contributed by atoms with Crippen molar-refractivity contribution in [3.05, 3.63) is 72.1 Å². The van der Waals surface area contributed by atoms with E-state index in [9.17, 15) is 14.7 Å². The van der Waals surface area contributed by atoms with E-state index in [1.807, 2.05) is 6.07 Å². The molecule has 4 rings (SSSR count). The molecule has 0 fully saturated rings. The smallest absolute Gasteiger partial charge is 0.278 e. The summed E-state index contributed by atoms with van der Waals surface area (Å²) in [7, 11) is 0. The number of nitrogens with one attached hydrogen (secondary N) is 3. The fourth-order valence-corrected chi connectivity index (χ4v) is 2.73. The lowest BCUT2D eigenvalue weighted by atomic mass is 10.2. The summed E-state index contributed by atoms with van der Waals surface area (Å²) in [5.41, 5.74) is 1.90. The number of carbonyl (C=O) groups excluding carboxylic acids is 2. The van der Waals surface area contributed by atoms with Gasteiger partial charge in [-0.05, 0) is 29.8 Å². The first-order chi connectivity index (χ1) is 14.1. The minimum Gasteiger partial charge on any atom is -0.505 e. The van der Waals surface area contributed by atoms with Gasteiger partial charge in [0.05, 0.1) is 11.6 Å². The average molecular weight is 389 g/mol. The van der Waals surface area contributed by atoms with E-state index in [0.717, 1.165) is 5.56 Å². The standard InChI is InChI=1S/C19H15N7O3/c27-14-5-2-6-20-16(14)19(29)25-12-4-1-3-11(7-12)8-21-18(28)15-13-9-24-26-17(13)23-10-22-15/h1-7,9-10,27H,8H2,(H,21,28)(H,25,29)(H,22,23,24,26). The molecule has 2 amide bonds. The Hall–Kier alpha value is -4.34. The molecule has 3 heterocycles. The highest BCUT2D eigenvalue weighted by atomic mass is 16.3. The third kappa shape index (κ3) is 3.86. The Morgan fingerprint density at radius 2 is 1.93 bits per heavy atom. The highest BCUT2D eigenvalue weighted by Crippen LogP contribution is 2.17. The molecule has 0 unspecified atom stereocenters. The van der Waals surface area contributed by atoms with Crippen LogP contribution in [-0.4, -0.2) is 42.1 Å². The van der Waals surface area contributed by atoms with Gasteiger partial charge in [0.1, 0.15) is 17.8 Å². The van der Waals surface area contributed by atoms with Crippen molar-refractivity contribution in [3.8, 4) is 5.75 Å². The molecule has 0 radical (unpaired) electrons. The molecule has 0 spiro atoms. The summed E-state index contributed by atoms with van der Waals surface area (Å²) in [4.78, 5) is 36.6. The van der Waals surface area contributed by atoms with Crippen LogP contribution in [0, 0.1) is 0 Å². The van der Waals surface area contributed by atoms with Crippen molar-refractivity contribution in [3.63, 3.8) is 0 Å². The maximum absolute atomic E-state index is 12.5. The summed E-state index contributed by atoms with van der Waals surface area (Å²) < 4.78 is 0. The monoisotopic (exact) mass is 389 g/mol. The van der Waals surface area contributed by atoms with Crippen LogP contribution < -0.4 is 10.6 Å². The van der Waals surface area contributed by atoms with Gasteiger partial charge in [0.2, 0.25) is 0 Å². The maximum atomic E-state index is 12.5. The molecular weight excluding hydrogens is 374 g/mol. The Labute approximate surface area is 164 Å². The summed E-state index contributed by atoms with van der Waals surface area (Å²) in [6, 6.07) is 9.88. The van der Waals surface area contributed by atoms with Gasteiger partial charge in [-0.1, -0.05) is 12.1 Å².